The summed E-state index contributed by atoms with van der Waals surface area (Å²) in [5, 5.41) is 3.67. The van der Waals surface area contributed by atoms with Crippen LogP contribution in [0.1, 0.15) is 43.9 Å². The van der Waals surface area contributed by atoms with Gasteiger partial charge in [-0.1, -0.05) is 19.4 Å². The van der Waals surface area contributed by atoms with Crippen LogP contribution >= 0.6 is 0 Å². The SMILES string of the molecule is CCCCN1CCC(NCc2ccc(C)nc2)CC1. The van der Waals surface area contributed by atoms with Crippen LogP contribution in [0.2, 0.25) is 0 Å². The number of pyridine rings is 1. The van der Waals surface area contributed by atoms with Crippen LogP contribution in [0, 0.1) is 6.92 Å². The highest BCUT2D eigenvalue weighted by molar-refractivity contribution is 5.12. The lowest BCUT2D eigenvalue weighted by Crippen LogP contribution is -2.42. The van der Waals surface area contributed by atoms with Gasteiger partial charge in [0.15, 0.2) is 0 Å². The molecule has 1 aliphatic rings. The molecule has 3 nitrogen and oxygen atoms in total. The van der Waals surface area contributed by atoms with E-state index in [2.05, 4.69) is 34.3 Å². The Morgan fingerprint density at radius 3 is 2.74 bits per heavy atom. The maximum atomic E-state index is 4.34. The van der Waals surface area contributed by atoms with E-state index < -0.39 is 0 Å². The molecule has 1 fully saturated rings. The fraction of sp³-hybridized carbons (Fsp3) is 0.688. The first-order chi connectivity index (χ1) is 9.28. The van der Waals surface area contributed by atoms with Crippen molar-refractivity contribution in [2.45, 2.75) is 52.1 Å². The summed E-state index contributed by atoms with van der Waals surface area (Å²) < 4.78 is 0. The molecule has 19 heavy (non-hydrogen) atoms. The Kier molecular flexibility index (Phi) is 5.80. The third-order valence-electron chi connectivity index (χ3n) is 3.98. The van der Waals surface area contributed by atoms with Gasteiger partial charge in [-0.05, 0) is 57.5 Å². The fourth-order valence-corrected chi connectivity index (χ4v) is 2.61. The summed E-state index contributed by atoms with van der Waals surface area (Å²) in [6.45, 7) is 9.04. The highest BCUT2D eigenvalue weighted by Crippen LogP contribution is 2.12. The third kappa shape index (κ3) is 4.92. The molecule has 0 unspecified atom stereocenters. The average Bonchev–Trinajstić information content (AvgIpc) is 2.46. The van der Waals surface area contributed by atoms with E-state index >= 15 is 0 Å². The van der Waals surface area contributed by atoms with E-state index in [1.165, 1.54) is 50.9 Å². The van der Waals surface area contributed by atoms with E-state index in [9.17, 15) is 0 Å². The lowest BCUT2D eigenvalue weighted by atomic mass is 10.0. The van der Waals surface area contributed by atoms with E-state index in [0.29, 0.717) is 6.04 Å². The summed E-state index contributed by atoms with van der Waals surface area (Å²) >= 11 is 0. The van der Waals surface area contributed by atoms with Crippen molar-refractivity contribution >= 4 is 0 Å². The van der Waals surface area contributed by atoms with E-state index in [4.69, 9.17) is 0 Å². The Hall–Kier alpha value is -0.930. The molecule has 0 radical (unpaired) electrons. The smallest absolute Gasteiger partial charge is 0.0372 e. The van der Waals surface area contributed by atoms with Crippen LogP contribution in [0.5, 0.6) is 0 Å². The highest BCUT2D eigenvalue weighted by atomic mass is 15.1. The first-order valence-corrected chi connectivity index (χ1v) is 7.65. The van der Waals surface area contributed by atoms with Crippen LogP contribution in [-0.4, -0.2) is 35.6 Å². The molecule has 0 atom stereocenters. The monoisotopic (exact) mass is 261 g/mol. The largest absolute Gasteiger partial charge is 0.310 e. The zero-order valence-corrected chi connectivity index (χ0v) is 12.4. The van der Waals surface area contributed by atoms with E-state index in [1.54, 1.807) is 0 Å². The molecule has 0 aromatic carbocycles. The van der Waals surface area contributed by atoms with Crippen molar-refractivity contribution in [2.24, 2.45) is 0 Å². The lowest BCUT2D eigenvalue weighted by Gasteiger charge is -2.32. The highest BCUT2D eigenvalue weighted by Gasteiger charge is 2.17. The van der Waals surface area contributed by atoms with Crippen molar-refractivity contribution in [3.8, 4) is 0 Å². The molecule has 2 rings (SSSR count). The van der Waals surface area contributed by atoms with E-state index in [0.717, 1.165) is 12.2 Å². The number of nitrogens with one attached hydrogen (secondary N) is 1. The molecule has 1 aromatic heterocycles. The van der Waals surface area contributed by atoms with E-state index in [-0.39, 0.29) is 0 Å². The van der Waals surface area contributed by atoms with Crippen LogP contribution in [0.25, 0.3) is 0 Å². The van der Waals surface area contributed by atoms with E-state index in [1.807, 2.05) is 13.1 Å². The molecular formula is C16H27N3. The second kappa shape index (κ2) is 7.61. The molecule has 0 spiro atoms. The first-order valence-electron chi connectivity index (χ1n) is 7.65. The number of nitrogens with zero attached hydrogens (tertiary/aromatic N) is 2. The summed E-state index contributed by atoms with van der Waals surface area (Å²) in [5.41, 5.74) is 2.38. The third-order valence-corrected chi connectivity index (χ3v) is 3.98. The number of hydrogen-bond acceptors (Lipinski definition) is 3. The van der Waals surface area contributed by atoms with Gasteiger partial charge in [-0.25, -0.2) is 0 Å². The number of aryl methyl sites for hydroxylation is 1. The minimum Gasteiger partial charge on any atom is -0.310 e. The van der Waals surface area contributed by atoms with Crippen LogP contribution in [-0.2, 0) is 6.54 Å². The van der Waals surface area contributed by atoms with Gasteiger partial charge in [-0.2, -0.15) is 0 Å². The van der Waals surface area contributed by atoms with Crippen LogP contribution in [0.3, 0.4) is 0 Å². The van der Waals surface area contributed by atoms with Gasteiger partial charge in [0.1, 0.15) is 0 Å². The topological polar surface area (TPSA) is 28.2 Å². The minimum absolute atomic E-state index is 0.680. The molecule has 3 heteroatoms. The Balaban J connectivity index is 1.67. The Labute approximate surface area is 117 Å². The van der Waals surface area contributed by atoms with Gasteiger partial charge in [0.25, 0.3) is 0 Å². The molecule has 0 amide bonds. The zero-order valence-electron chi connectivity index (χ0n) is 12.4. The average molecular weight is 261 g/mol. The predicted molar refractivity (Wildman–Crippen MR) is 80.2 cm³/mol. The Morgan fingerprint density at radius 1 is 1.32 bits per heavy atom. The molecule has 0 bridgehead atoms. The molecule has 1 aliphatic heterocycles. The van der Waals surface area contributed by atoms with Gasteiger partial charge in [0.05, 0.1) is 0 Å². The van der Waals surface area contributed by atoms with Gasteiger partial charge in [-0.3, -0.25) is 4.98 Å². The summed E-state index contributed by atoms with van der Waals surface area (Å²) in [6.07, 6.45) is 7.19. The summed E-state index contributed by atoms with van der Waals surface area (Å²) in [5.74, 6) is 0. The van der Waals surface area contributed by atoms with Gasteiger partial charge in [0, 0.05) is 24.5 Å². The minimum atomic E-state index is 0.680. The maximum absolute atomic E-state index is 4.34. The predicted octanol–water partition coefficient (Wildman–Crippen LogP) is 2.74. The van der Waals surface area contributed by atoms with Crippen molar-refractivity contribution in [3.63, 3.8) is 0 Å². The van der Waals surface area contributed by atoms with Crippen LogP contribution in [0.4, 0.5) is 0 Å². The van der Waals surface area contributed by atoms with Crippen molar-refractivity contribution < 1.29 is 0 Å². The summed E-state index contributed by atoms with van der Waals surface area (Å²) in [4.78, 5) is 6.95. The van der Waals surface area contributed by atoms with Crippen molar-refractivity contribution in [2.75, 3.05) is 19.6 Å². The first kappa shape index (κ1) is 14.5. The second-order valence-electron chi connectivity index (χ2n) is 5.66. The normalized spacial score (nSPS) is 17.8. The van der Waals surface area contributed by atoms with Gasteiger partial charge < -0.3 is 10.2 Å². The molecular weight excluding hydrogens is 234 g/mol. The lowest BCUT2D eigenvalue weighted by molar-refractivity contribution is 0.195. The van der Waals surface area contributed by atoms with Gasteiger partial charge >= 0.3 is 0 Å². The number of rotatable bonds is 6. The van der Waals surface area contributed by atoms with Crippen LogP contribution < -0.4 is 5.32 Å². The number of aromatic nitrogens is 1. The number of unbranched alkanes of at least 4 members (excludes halogenated alkanes) is 1. The Bertz CT molecular complexity index is 353. The molecule has 0 aliphatic carbocycles. The Morgan fingerprint density at radius 2 is 2.11 bits per heavy atom. The number of piperidine rings is 1. The van der Waals surface area contributed by atoms with Gasteiger partial charge in [0.2, 0.25) is 0 Å². The molecule has 1 N–H and O–H groups in total. The molecule has 0 saturated carbocycles. The van der Waals surface area contributed by atoms with Gasteiger partial charge in [-0.15, -0.1) is 0 Å². The molecule has 106 valence electrons. The molecule has 2 heterocycles. The summed E-state index contributed by atoms with van der Waals surface area (Å²) in [7, 11) is 0. The zero-order chi connectivity index (χ0) is 13.5. The van der Waals surface area contributed by atoms with Crippen molar-refractivity contribution in [1.29, 1.82) is 0 Å². The fourth-order valence-electron chi connectivity index (χ4n) is 2.61. The quantitative estimate of drug-likeness (QED) is 0.853. The molecule has 1 aromatic rings. The number of hydrogen-bond donors (Lipinski definition) is 1. The van der Waals surface area contributed by atoms with Crippen molar-refractivity contribution in [3.05, 3.63) is 29.6 Å². The molecule has 1 saturated heterocycles. The summed E-state index contributed by atoms with van der Waals surface area (Å²) in [6, 6.07) is 4.94. The standard InChI is InChI=1S/C16H27N3/c1-3-4-9-19-10-7-16(8-11-19)18-13-15-6-5-14(2)17-12-15/h5-6,12,16,18H,3-4,7-11,13H2,1-2H3. The maximum Gasteiger partial charge on any atom is 0.0372 e. The number of likely N-dealkylation sites (tertiary alicyclic amines) is 1. The van der Waals surface area contributed by atoms with Crippen LogP contribution in [0.15, 0.2) is 18.3 Å². The second-order valence-corrected chi connectivity index (χ2v) is 5.66. The van der Waals surface area contributed by atoms with Crippen molar-refractivity contribution in [1.82, 2.24) is 15.2 Å².